The fraction of sp³-hybridized carbons (Fsp3) is 0.286. The van der Waals surface area contributed by atoms with E-state index in [1.54, 1.807) is 23.1 Å². The van der Waals surface area contributed by atoms with Crippen LogP contribution in [0.3, 0.4) is 0 Å². The van der Waals surface area contributed by atoms with E-state index in [1.165, 1.54) is 21.9 Å². The van der Waals surface area contributed by atoms with Gasteiger partial charge in [0, 0.05) is 21.1 Å². The van der Waals surface area contributed by atoms with E-state index < -0.39 is 11.7 Å². The molecule has 0 spiro atoms. The molecule has 0 aliphatic heterocycles. The molecule has 3 rings (SSSR count). The molecule has 142 valence electrons. The Bertz CT molecular complexity index is 855. The van der Waals surface area contributed by atoms with Crippen LogP contribution in [-0.2, 0) is 18.3 Å². The highest BCUT2D eigenvalue weighted by Gasteiger charge is 2.30. The molecule has 0 unspecified atom stereocenters. The molecule has 0 fully saturated rings. The van der Waals surface area contributed by atoms with E-state index in [1.807, 2.05) is 18.2 Å². The van der Waals surface area contributed by atoms with Gasteiger partial charge in [0.1, 0.15) is 5.01 Å². The normalized spacial score (nSPS) is 11.7. The van der Waals surface area contributed by atoms with Crippen LogP contribution in [0.2, 0.25) is 0 Å². The van der Waals surface area contributed by atoms with Gasteiger partial charge >= 0.3 is 6.18 Å². The molecule has 0 aliphatic rings. The van der Waals surface area contributed by atoms with E-state index in [2.05, 4.69) is 19.1 Å². The van der Waals surface area contributed by atoms with E-state index in [4.69, 9.17) is 4.98 Å². The first-order valence-electron chi connectivity index (χ1n) is 8.81. The van der Waals surface area contributed by atoms with Gasteiger partial charge in [-0.3, -0.25) is 0 Å². The van der Waals surface area contributed by atoms with Crippen molar-refractivity contribution in [1.82, 2.24) is 4.98 Å². The standard InChI is InChI=1S/C21H20F3NS2/c1-2-3-9-18-19(14-26-17-7-5-4-6-8-17)27-20(25-18)15-10-12-16(13-11-15)21(22,23)24/h4-8,10-13H,2-3,9,14H2,1H3. The number of thiazole rings is 1. The second-order valence-corrected chi connectivity index (χ2v) is 8.30. The molecule has 0 aliphatic carbocycles. The number of halogens is 3. The van der Waals surface area contributed by atoms with Crippen molar-refractivity contribution in [2.24, 2.45) is 0 Å². The van der Waals surface area contributed by atoms with Gasteiger partial charge in [0.25, 0.3) is 0 Å². The van der Waals surface area contributed by atoms with Gasteiger partial charge in [0.2, 0.25) is 0 Å². The number of unbranched alkanes of at least 4 members (excludes halogenated alkanes) is 1. The van der Waals surface area contributed by atoms with Crippen LogP contribution in [-0.4, -0.2) is 4.98 Å². The molecule has 3 aromatic rings. The van der Waals surface area contributed by atoms with Crippen LogP contribution in [0, 0.1) is 0 Å². The molecule has 0 N–H and O–H groups in total. The first-order chi connectivity index (χ1) is 13.0. The van der Waals surface area contributed by atoms with Crippen molar-refractivity contribution in [3.8, 4) is 10.6 Å². The molecule has 0 saturated carbocycles. The zero-order valence-corrected chi connectivity index (χ0v) is 16.6. The summed E-state index contributed by atoms with van der Waals surface area (Å²) >= 11 is 3.34. The minimum Gasteiger partial charge on any atom is -0.241 e. The Morgan fingerprint density at radius 2 is 1.70 bits per heavy atom. The Labute approximate surface area is 165 Å². The number of aromatic nitrogens is 1. The number of nitrogens with zero attached hydrogens (tertiary/aromatic N) is 1. The summed E-state index contributed by atoms with van der Waals surface area (Å²) in [4.78, 5) is 7.14. The lowest BCUT2D eigenvalue weighted by Crippen LogP contribution is -2.03. The summed E-state index contributed by atoms with van der Waals surface area (Å²) in [5, 5.41) is 0.790. The largest absolute Gasteiger partial charge is 0.416 e. The maximum atomic E-state index is 12.8. The topological polar surface area (TPSA) is 12.9 Å². The van der Waals surface area contributed by atoms with Gasteiger partial charge in [0.15, 0.2) is 0 Å². The molecule has 27 heavy (non-hydrogen) atoms. The Morgan fingerprint density at radius 3 is 2.33 bits per heavy atom. The predicted molar refractivity (Wildman–Crippen MR) is 107 cm³/mol. The van der Waals surface area contributed by atoms with Gasteiger partial charge < -0.3 is 0 Å². The van der Waals surface area contributed by atoms with Crippen LogP contribution < -0.4 is 0 Å². The molecule has 0 amide bonds. The van der Waals surface area contributed by atoms with E-state index in [9.17, 15) is 13.2 Å². The number of hydrogen-bond donors (Lipinski definition) is 0. The summed E-state index contributed by atoms with van der Waals surface area (Å²) in [6.07, 6.45) is -1.28. The Morgan fingerprint density at radius 1 is 1.00 bits per heavy atom. The third-order valence-corrected chi connectivity index (χ3v) is 6.49. The van der Waals surface area contributed by atoms with Crippen LogP contribution in [0.15, 0.2) is 59.5 Å². The van der Waals surface area contributed by atoms with Crippen molar-refractivity contribution in [2.75, 3.05) is 0 Å². The van der Waals surface area contributed by atoms with Crippen molar-refractivity contribution in [3.63, 3.8) is 0 Å². The van der Waals surface area contributed by atoms with Crippen molar-refractivity contribution in [2.45, 2.75) is 43.0 Å². The number of alkyl halides is 3. The van der Waals surface area contributed by atoms with Gasteiger partial charge in [-0.15, -0.1) is 23.1 Å². The van der Waals surface area contributed by atoms with E-state index in [0.29, 0.717) is 0 Å². The zero-order valence-electron chi connectivity index (χ0n) is 14.9. The highest BCUT2D eigenvalue weighted by atomic mass is 32.2. The number of benzene rings is 2. The van der Waals surface area contributed by atoms with E-state index in [-0.39, 0.29) is 0 Å². The van der Waals surface area contributed by atoms with Gasteiger partial charge in [0.05, 0.1) is 11.3 Å². The second kappa shape index (κ2) is 8.93. The number of aryl methyl sites for hydroxylation is 1. The molecule has 1 aromatic heterocycles. The molecular formula is C21H20F3NS2. The molecule has 1 nitrogen and oxygen atoms in total. The average Bonchev–Trinajstić information content (AvgIpc) is 3.08. The van der Waals surface area contributed by atoms with E-state index in [0.717, 1.165) is 53.4 Å². The molecule has 0 bridgehead atoms. The molecule has 0 saturated heterocycles. The Hall–Kier alpha value is -1.79. The highest BCUT2D eigenvalue weighted by molar-refractivity contribution is 7.98. The van der Waals surface area contributed by atoms with Gasteiger partial charge in [-0.1, -0.05) is 43.7 Å². The molecule has 0 atom stereocenters. The summed E-state index contributed by atoms with van der Waals surface area (Å²) in [5.74, 6) is 0.821. The number of rotatable bonds is 7. The summed E-state index contributed by atoms with van der Waals surface area (Å²) < 4.78 is 38.3. The molecule has 6 heteroatoms. The monoisotopic (exact) mass is 407 g/mol. The quantitative estimate of drug-likeness (QED) is 0.377. The van der Waals surface area contributed by atoms with Crippen LogP contribution in [0.4, 0.5) is 13.2 Å². The van der Waals surface area contributed by atoms with Crippen LogP contribution in [0.1, 0.15) is 35.9 Å². The Kier molecular flexibility index (Phi) is 6.60. The summed E-state index contributed by atoms with van der Waals surface area (Å²) in [6, 6.07) is 15.5. The maximum absolute atomic E-state index is 12.8. The van der Waals surface area contributed by atoms with Gasteiger partial charge in [-0.05, 0) is 37.1 Å². The molecule has 1 heterocycles. The lowest BCUT2D eigenvalue weighted by Gasteiger charge is -2.06. The number of thioether (sulfide) groups is 1. The van der Waals surface area contributed by atoms with Gasteiger partial charge in [-0.2, -0.15) is 13.2 Å². The first kappa shape index (κ1) is 20.0. The lowest BCUT2D eigenvalue weighted by atomic mass is 10.1. The molecule has 0 radical (unpaired) electrons. The fourth-order valence-electron chi connectivity index (χ4n) is 2.63. The number of hydrogen-bond acceptors (Lipinski definition) is 3. The van der Waals surface area contributed by atoms with Gasteiger partial charge in [-0.25, -0.2) is 4.98 Å². The predicted octanol–water partition coefficient (Wildman–Crippen LogP) is 7.46. The third-order valence-electron chi connectivity index (χ3n) is 4.12. The Balaban J connectivity index is 1.82. The smallest absolute Gasteiger partial charge is 0.241 e. The van der Waals surface area contributed by atoms with Crippen LogP contribution in [0.5, 0.6) is 0 Å². The minimum atomic E-state index is -4.31. The SMILES string of the molecule is CCCCc1nc(-c2ccc(C(F)(F)F)cc2)sc1CSc1ccccc1. The van der Waals surface area contributed by atoms with Crippen LogP contribution in [0.25, 0.3) is 10.6 Å². The molecule has 2 aromatic carbocycles. The lowest BCUT2D eigenvalue weighted by molar-refractivity contribution is -0.137. The minimum absolute atomic E-state index is 0.631. The maximum Gasteiger partial charge on any atom is 0.416 e. The van der Waals surface area contributed by atoms with E-state index >= 15 is 0 Å². The zero-order chi connectivity index (χ0) is 19.3. The van der Waals surface area contributed by atoms with Crippen molar-refractivity contribution >= 4 is 23.1 Å². The first-order valence-corrected chi connectivity index (χ1v) is 10.6. The van der Waals surface area contributed by atoms with Crippen molar-refractivity contribution in [3.05, 3.63) is 70.7 Å². The third kappa shape index (κ3) is 5.36. The summed E-state index contributed by atoms with van der Waals surface area (Å²) in [7, 11) is 0. The van der Waals surface area contributed by atoms with Crippen molar-refractivity contribution < 1.29 is 13.2 Å². The highest BCUT2D eigenvalue weighted by Crippen LogP contribution is 2.35. The summed E-state index contributed by atoms with van der Waals surface area (Å²) in [5.41, 5.74) is 1.18. The average molecular weight is 408 g/mol. The second-order valence-electron chi connectivity index (χ2n) is 6.17. The van der Waals surface area contributed by atoms with Crippen LogP contribution >= 0.6 is 23.1 Å². The summed E-state index contributed by atoms with van der Waals surface area (Å²) in [6.45, 7) is 2.14. The molecular weight excluding hydrogens is 387 g/mol. The fourth-order valence-corrected chi connectivity index (χ4v) is 4.76. The van der Waals surface area contributed by atoms with Crippen molar-refractivity contribution in [1.29, 1.82) is 0 Å².